The lowest BCUT2D eigenvalue weighted by molar-refractivity contribution is 0.101. The molecule has 0 aliphatic heterocycles. The van der Waals surface area contributed by atoms with Gasteiger partial charge in [0.05, 0.1) is 0 Å². The summed E-state index contributed by atoms with van der Waals surface area (Å²) < 4.78 is 0.973. The van der Waals surface area contributed by atoms with Crippen molar-refractivity contribution in [2.24, 2.45) is 5.92 Å². The predicted molar refractivity (Wildman–Crippen MR) is 84.0 cm³/mol. The number of hydrogen-bond donors (Lipinski definition) is 0. The number of halogens is 1. The lowest BCUT2D eigenvalue weighted by Gasteiger charge is -2.27. The Kier molecular flexibility index (Phi) is 4.67. The lowest BCUT2D eigenvalue weighted by atomic mass is 10.1. The van der Waals surface area contributed by atoms with Crippen molar-refractivity contribution in [3.8, 4) is 0 Å². The Labute approximate surface area is 124 Å². The molecular formula is C16H22BrNO. The van der Waals surface area contributed by atoms with Crippen molar-refractivity contribution in [1.29, 1.82) is 0 Å². The number of carbonyl (C=O) groups is 1. The fraction of sp³-hybridized carbons (Fsp3) is 0.562. The molecule has 0 N–H and O–H groups in total. The standard InChI is InChI=1S/C16H22BrNO/c1-11(2)8-9-18(14-5-6-14)16-7-4-13(17)10-15(16)12(3)19/h4,7,10-11,14H,5-6,8-9H2,1-3H3. The zero-order chi connectivity index (χ0) is 14.0. The number of ketones is 1. The summed E-state index contributed by atoms with van der Waals surface area (Å²) in [7, 11) is 0. The van der Waals surface area contributed by atoms with E-state index in [1.807, 2.05) is 12.1 Å². The molecule has 19 heavy (non-hydrogen) atoms. The monoisotopic (exact) mass is 323 g/mol. The molecule has 1 aliphatic rings. The smallest absolute Gasteiger partial charge is 0.161 e. The summed E-state index contributed by atoms with van der Waals surface area (Å²) in [5.74, 6) is 0.837. The van der Waals surface area contributed by atoms with E-state index in [1.54, 1.807) is 6.92 Å². The van der Waals surface area contributed by atoms with Crippen molar-refractivity contribution in [2.45, 2.75) is 46.1 Å². The molecule has 0 aromatic heterocycles. The van der Waals surface area contributed by atoms with E-state index in [0.717, 1.165) is 22.3 Å². The summed E-state index contributed by atoms with van der Waals surface area (Å²) in [5, 5.41) is 0. The second-order valence-corrected chi connectivity index (χ2v) is 6.74. The maximum absolute atomic E-state index is 11.9. The molecule has 0 unspecified atom stereocenters. The van der Waals surface area contributed by atoms with Crippen LogP contribution in [-0.4, -0.2) is 18.4 Å². The molecule has 1 saturated carbocycles. The Morgan fingerprint density at radius 3 is 2.63 bits per heavy atom. The van der Waals surface area contributed by atoms with Crippen LogP contribution < -0.4 is 4.90 Å². The van der Waals surface area contributed by atoms with Crippen LogP contribution in [0.25, 0.3) is 0 Å². The zero-order valence-corrected chi connectivity index (χ0v) is 13.5. The average Bonchev–Trinajstić information content (AvgIpc) is 3.14. The number of anilines is 1. The van der Waals surface area contributed by atoms with Gasteiger partial charge in [0.1, 0.15) is 0 Å². The second kappa shape index (κ2) is 6.08. The van der Waals surface area contributed by atoms with Gasteiger partial charge in [-0.25, -0.2) is 0 Å². The highest BCUT2D eigenvalue weighted by Crippen LogP contribution is 2.35. The van der Waals surface area contributed by atoms with Gasteiger partial charge in [-0.05, 0) is 50.3 Å². The van der Waals surface area contributed by atoms with Gasteiger partial charge in [0.15, 0.2) is 5.78 Å². The second-order valence-electron chi connectivity index (χ2n) is 5.82. The van der Waals surface area contributed by atoms with Gasteiger partial charge in [0.25, 0.3) is 0 Å². The lowest BCUT2D eigenvalue weighted by Crippen LogP contribution is -2.29. The van der Waals surface area contributed by atoms with Gasteiger partial charge in [-0.2, -0.15) is 0 Å². The summed E-state index contributed by atoms with van der Waals surface area (Å²) in [5.41, 5.74) is 1.95. The van der Waals surface area contributed by atoms with Gasteiger partial charge < -0.3 is 4.90 Å². The predicted octanol–water partition coefficient (Wildman–Crippen LogP) is 4.67. The highest BCUT2D eigenvalue weighted by atomic mass is 79.9. The minimum Gasteiger partial charge on any atom is -0.368 e. The maximum Gasteiger partial charge on any atom is 0.161 e. The number of hydrogen-bond acceptors (Lipinski definition) is 2. The molecule has 0 atom stereocenters. The Bertz CT molecular complexity index is 466. The van der Waals surface area contributed by atoms with E-state index in [9.17, 15) is 4.79 Å². The first-order valence-electron chi connectivity index (χ1n) is 7.06. The van der Waals surface area contributed by atoms with E-state index < -0.39 is 0 Å². The molecule has 104 valence electrons. The normalized spacial score (nSPS) is 14.8. The van der Waals surface area contributed by atoms with E-state index in [-0.39, 0.29) is 5.78 Å². The van der Waals surface area contributed by atoms with Crippen LogP contribution in [0.1, 0.15) is 50.4 Å². The molecule has 2 rings (SSSR count). The Morgan fingerprint density at radius 1 is 1.42 bits per heavy atom. The van der Waals surface area contributed by atoms with Crippen molar-refractivity contribution >= 4 is 27.4 Å². The molecule has 0 heterocycles. The van der Waals surface area contributed by atoms with Gasteiger partial charge >= 0.3 is 0 Å². The van der Waals surface area contributed by atoms with E-state index in [1.165, 1.54) is 19.3 Å². The summed E-state index contributed by atoms with van der Waals surface area (Å²) in [4.78, 5) is 14.3. The molecule has 2 nitrogen and oxygen atoms in total. The first kappa shape index (κ1) is 14.6. The number of benzene rings is 1. The molecular weight excluding hydrogens is 302 g/mol. The third kappa shape index (κ3) is 3.82. The topological polar surface area (TPSA) is 20.3 Å². The van der Waals surface area contributed by atoms with Crippen LogP contribution in [-0.2, 0) is 0 Å². The SMILES string of the molecule is CC(=O)c1cc(Br)ccc1N(CCC(C)C)C1CC1. The summed E-state index contributed by atoms with van der Waals surface area (Å²) in [6, 6.07) is 6.70. The summed E-state index contributed by atoms with van der Waals surface area (Å²) in [6.45, 7) is 7.19. The highest BCUT2D eigenvalue weighted by Gasteiger charge is 2.30. The molecule has 0 bridgehead atoms. The van der Waals surface area contributed by atoms with Crippen LogP contribution in [0.4, 0.5) is 5.69 Å². The Balaban J connectivity index is 2.28. The first-order valence-corrected chi connectivity index (χ1v) is 7.85. The molecule has 0 spiro atoms. The molecule has 0 radical (unpaired) electrons. The van der Waals surface area contributed by atoms with Crippen LogP contribution in [0.15, 0.2) is 22.7 Å². The van der Waals surface area contributed by atoms with E-state index >= 15 is 0 Å². The number of rotatable bonds is 6. The maximum atomic E-state index is 11.9. The van der Waals surface area contributed by atoms with Gasteiger partial charge in [0.2, 0.25) is 0 Å². The van der Waals surface area contributed by atoms with Crippen molar-refractivity contribution in [1.82, 2.24) is 0 Å². The largest absolute Gasteiger partial charge is 0.368 e. The highest BCUT2D eigenvalue weighted by molar-refractivity contribution is 9.10. The molecule has 1 aromatic carbocycles. The van der Waals surface area contributed by atoms with Gasteiger partial charge in [0, 0.05) is 28.3 Å². The fourth-order valence-electron chi connectivity index (χ4n) is 2.32. The van der Waals surface area contributed by atoms with Crippen LogP contribution >= 0.6 is 15.9 Å². The molecule has 1 aliphatic carbocycles. The quantitative estimate of drug-likeness (QED) is 0.709. The van der Waals surface area contributed by atoms with Crippen LogP contribution in [0.5, 0.6) is 0 Å². The molecule has 1 aromatic rings. The average molecular weight is 324 g/mol. The Hall–Kier alpha value is -0.830. The molecule has 0 saturated heterocycles. The van der Waals surface area contributed by atoms with Crippen molar-refractivity contribution in [3.05, 3.63) is 28.2 Å². The Morgan fingerprint density at radius 2 is 2.11 bits per heavy atom. The number of carbonyl (C=O) groups excluding carboxylic acids is 1. The number of Topliss-reactive ketones (excluding diaryl/α,β-unsaturated/α-hetero) is 1. The van der Waals surface area contributed by atoms with E-state index in [0.29, 0.717) is 12.0 Å². The van der Waals surface area contributed by atoms with Crippen molar-refractivity contribution < 1.29 is 4.79 Å². The van der Waals surface area contributed by atoms with Crippen molar-refractivity contribution in [3.63, 3.8) is 0 Å². The number of nitrogens with zero attached hydrogens (tertiary/aromatic N) is 1. The van der Waals surface area contributed by atoms with Crippen LogP contribution in [0, 0.1) is 5.92 Å². The minimum atomic E-state index is 0.145. The third-order valence-electron chi connectivity index (χ3n) is 3.58. The third-order valence-corrected chi connectivity index (χ3v) is 4.08. The van der Waals surface area contributed by atoms with Crippen LogP contribution in [0.2, 0.25) is 0 Å². The van der Waals surface area contributed by atoms with Gasteiger partial charge in [-0.3, -0.25) is 4.79 Å². The fourth-order valence-corrected chi connectivity index (χ4v) is 2.69. The molecule has 1 fully saturated rings. The van der Waals surface area contributed by atoms with Crippen molar-refractivity contribution in [2.75, 3.05) is 11.4 Å². The summed E-state index contributed by atoms with van der Waals surface area (Å²) in [6.07, 6.45) is 3.68. The minimum absolute atomic E-state index is 0.145. The zero-order valence-electron chi connectivity index (χ0n) is 11.9. The van der Waals surface area contributed by atoms with E-state index in [4.69, 9.17) is 0 Å². The first-order chi connectivity index (χ1) is 8.99. The summed E-state index contributed by atoms with van der Waals surface area (Å²) >= 11 is 3.46. The van der Waals surface area contributed by atoms with Gasteiger partial charge in [-0.1, -0.05) is 29.8 Å². The molecule has 3 heteroatoms. The van der Waals surface area contributed by atoms with Gasteiger partial charge in [-0.15, -0.1) is 0 Å². The van der Waals surface area contributed by atoms with E-state index in [2.05, 4.69) is 40.7 Å². The van der Waals surface area contributed by atoms with Crippen LogP contribution in [0.3, 0.4) is 0 Å². The molecule has 0 amide bonds.